The number of hydrogen-bond donors (Lipinski definition) is 0. The lowest BCUT2D eigenvalue weighted by Crippen LogP contribution is -2.27. The molecule has 0 fully saturated rings. The minimum atomic E-state index is -0.425. The first kappa shape index (κ1) is 25.5. The molecule has 0 radical (unpaired) electrons. The van der Waals surface area contributed by atoms with Gasteiger partial charge in [0.1, 0.15) is 23.7 Å². The Balaban J connectivity index is 1.97. The van der Waals surface area contributed by atoms with Crippen LogP contribution in [0.2, 0.25) is 0 Å². The standard InChI is InChI=1S/C29H37NO4/c1-9-29(10-2,22-12-14-23(19(3)15-22)33-18-25(31)28(4,5)6)26-17-21-16-20(27(32)30(7)8)11-13-24(21)34-26/h11-17H,9-10,18H2,1-8H3. The third-order valence-electron chi connectivity index (χ3n) is 6.77. The van der Waals surface area contributed by atoms with Gasteiger partial charge in [0.15, 0.2) is 5.78 Å². The normalized spacial score (nSPS) is 12.1. The van der Waals surface area contributed by atoms with E-state index < -0.39 is 5.41 Å². The molecule has 0 unspecified atom stereocenters. The molecule has 1 amide bonds. The van der Waals surface area contributed by atoms with E-state index in [1.54, 1.807) is 19.0 Å². The molecule has 2 aromatic carbocycles. The van der Waals surface area contributed by atoms with Gasteiger partial charge in [-0.2, -0.15) is 0 Å². The molecule has 3 aromatic rings. The number of amides is 1. The number of fused-ring (bicyclic) bond motifs is 1. The Hall–Kier alpha value is -3.08. The average Bonchev–Trinajstić information content (AvgIpc) is 3.22. The average molecular weight is 464 g/mol. The van der Waals surface area contributed by atoms with Crippen molar-refractivity contribution >= 4 is 22.7 Å². The SMILES string of the molecule is CCC(CC)(c1ccc(OCC(=O)C(C)(C)C)c(C)c1)c1cc2cc(C(=O)N(C)C)ccc2o1. The second-order valence-electron chi connectivity index (χ2n) is 10.3. The van der Waals surface area contributed by atoms with Crippen molar-refractivity contribution in [1.82, 2.24) is 4.90 Å². The number of benzene rings is 2. The largest absolute Gasteiger partial charge is 0.486 e. The lowest BCUT2D eigenvalue weighted by Gasteiger charge is -2.31. The van der Waals surface area contributed by atoms with Crippen molar-refractivity contribution in [2.45, 2.75) is 59.8 Å². The summed E-state index contributed by atoms with van der Waals surface area (Å²) in [5.74, 6) is 1.65. The highest BCUT2D eigenvalue weighted by Gasteiger charge is 2.35. The van der Waals surface area contributed by atoms with Crippen molar-refractivity contribution in [2.75, 3.05) is 20.7 Å². The summed E-state index contributed by atoms with van der Waals surface area (Å²) in [6.07, 6.45) is 1.71. The second-order valence-corrected chi connectivity index (χ2v) is 10.3. The van der Waals surface area contributed by atoms with E-state index in [1.807, 2.05) is 52.0 Å². The third kappa shape index (κ3) is 4.89. The number of ketones is 1. The van der Waals surface area contributed by atoms with Gasteiger partial charge in [-0.3, -0.25) is 9.59 Å². The van der Waals surface area contributed by atoms with Gasteiger partial charge in [0.2, 0.25) is 0 Å². The van der Waals surface area contributed by atoms with Crippen molar-refractivity contribution < 1.29 is 18.7 Å². The number of Topliss-reactive ketones (excluding diaryl/α,β-unsaturated/α-hetero) is 1. The smallest absolute Gasteiger partial charge is 0.253 e. The third-order valence-corrected chi connectivity index (χ3v) is 6.77. The second kappa shape index (κ2) is 9.65. The molecular formula is C29H37NO4. The number of carbonyl (C=O) groups excluding carboxylic acids is 2. The molecule has 0 saturated heterocycles. The van der Waals surface area contributed by atoms with Crippen LogP contribution < -0.4 is 4.74 Å². The van der Waals surface area contributed by atoms with Crippen LogP contribution in [0.15, 0.2) is 46.9 Å². The van der Waals surface area contributed by atoms with Crippen LogP contribution in [0, 0.1) is 12.3 Å². The van der Waals surface area contributed by atoms with Crippen molar-refractivity contribution in [3.05, 3.63) is 64.9 Å². The minimum absolute atomic E-state index is 0.0296. The van der Waals surface area contributed by atoms with Crippen LogP contribution in [-0.2, 0) is 10.2 Å². The van der Waals surface area contributed by atoms with E-state index in [0.29, 0.717) is 5.56 Å². The van der Waals surface area contributed by atoms with Crippen LogP contribution in [-0.4, -0.2) is 37.3 Å². The molecule has 5 nitrogen and oxygen atoms in total. The molecule has 3 rings (SSSR count). The summed E-state index contributed by atoms with van der Waals surface area (Å²) in [5, 5.41) is 0.923. The lowest BCUT2D eigenvalue weighted by atomic mass is 9.73. The van der Waals surface area contributed by atoms with Crippen LogP contribution in [0.4, 0.5) is 0 Å². The van der Waals surface area contributed by atoms with E-state index in [2.05, 4.69) is 32.0 Å². The Kier molecular flexibility index (Phi) is 7.25. The van der Waals surface area contributed by atoms with Crippen LogP contribution in [0.5, 0.6) is 5.75 Å². The molecule has 0 saturated carbocycles. The molecule has 1 heterocycles. The van der Waals surface area contributed by atoms with Gasteiger partial charge in [-0.25, -0.2) is 0 Å². The minimum Gasteiger partial charge on any atom is -0.486 e. The molecule has 0 aliphatic rings. The van der Waals surface area contributed by atoms with Gasteiger partial charge in [-0.1, -0.05) is 46.8 Å². The Morgan fingerprint density at radius 2 is 1.65 bits per heavy atom. The summed E-state index contributed by atoms with van der Waals surface area (Å²) >= 11 is 0. The number of aryl methyl sites for hydroxylation is 1. The molecule has 1 aromatic heterocycles. The number of hydrogen-bond acceptors (Lipinski definition) is 4. The maximum atomic E-state index is 12.4. The van der Waals surface area contributed by atoms with Gasteiger partial charge in [0.05, 0.1) is 5.41 Å². The van der Waals surface area contributed by atoms with Crippen LogP contribution in [0.1, 0.15) is 74.7 Å². The van der Waals surface area contributed by atoms with Gasteiger partial charge in [0, 0.05) is 30.5 Å². The van der Waals surface area contributed by atoms with E-state index in [0.717, 1.165) is 46.4 Å². The van der Waals surface area contributed by atoms with E-state index in [4.69, 9.17) is 9.15 Å². The Morgan fingerprint density at radius 1 is 0.971 bits per heavy atom. The zero-order valence-electron chi connectivity index (χ0n) is 21.7. The maximum absolute atomic E-state index is 12.4. The summed E-state index contributed by atoms with van der Waals surface area (Å²) < 4.78 is 12.2. The number of nitrogens with zero attached hydrogens (tertiary/aromatic N) is 1. The summed E-state index contributed by atoms with van der Waals surface area (Å²) in [6, 6.07) is 13.8. The van der Waals surface area contributed by atoms with Gasteiger partial charge < -0.3 is 14.1 Å². The number of rotatable bonds is 8. The van der Waals surface area contributed by atoms with Crippen molar-refractivity contribution in [3.63, 3.8) is 0 Å². The molecule has 0 bridgehead atoms. The van der Waals surface area contributed by atoms with E-state index in [1.165, 1.54) is 0 Å². The predicted molar refractivity (Wildman–Crippen MR) is 137 cm³/mol. The van der Waals surface area contributed by atoms with Crippen LogP contribution in [0.3, 0.4) is 0 Å². The van der Waals surface area contributed by atoms with Gasteiger partial charge >= 0.3 is 0 Å². The van der Waals surface area contributed by atoms with E-state index in [9.17, 15) is 9.59 Å². The summed E-state index contributed by atoms with van der Waals surface area (Å²) in [6.45, 7) is 12.1. The van der Waals surface area contributed by atoms with Crippen LogP contribution in [0.25, 0.3) is 11.0 Å². The highest BCUT2D eigenvalue weighted by atomic mass is 16.5. The zero-order chi connectivity index (χ0) is 25.3. The van der Waals surface area contributed by atoms with E-state index >= 15 is 0 Å². The van der Waals surface area contributed by atoms with Crippen molar-refractivity contribution in [2.24, 2.45) is 5.41 Å². The molecule has 0 aliphatic carbocycles. The van der Waals surface area contributed by atoms with E-state index in [-0.39, 0.29) is 23.7 Å². The van der Waals surface area contributed by atoms with Gasteiger partial charge in [0.25, 0.3) is 5.91 Å². The molecule has 0 atom stereocenters. The summed E-state index contributed by atoms with van der Waals surface area (Å²) in [5.41, 5.74) is 2.81. The molecule has 182 valence electrons. The molecule has 5 heteroatoms. The summed E-state index contributed by atoms with van der Waals surface area (Å²) in [7, 11) is 3.50. The molecule has 34 heavy (non-hydrogen) atoms. The fourth-order valence-corrected chi connectivity index (χ4v) is 4.29. The van der Waals surface area contributed by atoms with Crippen LogP contribution >= 0.6 is 0 Å². The topological polar surface area (TPSA) is 59.8 Å². The Morgan fingerprint density at radius 3 is 2.21 bits per heavy atom. The zero-order valence-corrected chi connectivity index (χ0v) is 21.7. The fourth-order valence-electron chi connectivity index (χ4n) is 4.29. The Labute approximate surface area is 203 Å². The van der Waals surface area contributed by atoms with Crippen molar-refractivity contribution in [1.29, 1.82) is 0 Å². The molecule has 0 N–H and O–H groups in total. The van der Waals surface area contributed by atoms with Gasteiger partial charge in [-0.05, 0) is 61.2 Å². The summed E-state index contributed by atoms with van der Waals surface area (Å²) in [4.78, 5) is 26.3. The molecule has 0 spiro atoms. The number of furan rings is 1. The van der Waals surface area contributed by atoms with Gasteiger partial charge in [-0.15, -0.1) is 0 Å². The quantitative estimate of drug-likeness (QED) is 0.380. The fraction of sp³-hybridized carbons (Fsp3) is 0.448. The monoisotopic (exact) mass is 463 g/mol. The first-order valence-corrected chi connectivity index (χ1v) is 12.0. The maximum Gasteiger partial charge on any atom is 0.253 e. The molecular weight excluding hydrogens is 426 g/mol. The Bertz CT molecular complexity index is 1190. The highest BCUT2D eigenvalue weighted by Crippen LogP contribution is 2.42. The number of ether oxygens (including phenoxy) is 1. The first-order valence-electron chi connectivity index (χ1n) is 12.0. The first-order chi connectivity index (χ1) is 15.9. The molecule has 0 aliphatic heterocycles. The van der Waals surface area contributed by atoms with Crippen molar-refractivity contribution in [3.8, 4) is 5.75 Å². The number of carbonyl (C=O) groups is 2. The highest BCUT2D eigenvalue weighted by molar-refractivity contribution is 5.97. The predicted octanol–water partition coefficient (Wildman–Crippen LogP) is 6.54. The lowest BCUT2D eigenvalue weighted by molar-refractivity contribution is -0.128.